The molecular weight excluding hydrogens is 317 g/mol. The van der Waals surface area contributed by atoms with Gasteiger partial charge in [-0.3, -0.25) is 0 Å². The predicted octanol–water partition coefficient (Wildman–Crippen LogP) is -1.33. The smallest absolute Gasteiger partial charge is 0.321 e. The molecule has 2 atom stereocenters. The molecule has 9 nitrogen and oxygen atoms in total. The fourth-order valence-corrected chi connectivity index (χ4v) is 3.16. The van der Waals surface area contributed by atoms with Crippen molar-refractivity contribution in [2.45, 2.75) is 25.2 Å². The highest BCUT2D eigenvalue weighted by Gasteiger charge is 2.37. The first kappa shape index (κ1) is 15.0. The quantitative estimate of drug-likeness (QED) is 0.397. The van der Waals surface area contributed by atoms with Crippen LogP contribution in [-0.2, 0) is 21.1 Å². The molecule has 0 aromatic carbocycles. The second-order valence-electron chi connectivity index (χ2n) is 4.98. The molecule has 0 aliphatic carbocycles. The minimum atomic E-state index is -3.62. The van der Waals surface area contributed by atoms with E-state index in [-0.39, 0.29) is 18.9 Å². The van der Waals surface area contributed by atoms with Gasteiger partial charge in [0.25, 0.3) is 0 Å². The predicted molar refractivity (Wildman–Crippen MR) is 79.1 cm³/mol. The molecule has 1 fully saturated rings. The Kier molecular flexibility index (Phi) is 4.08. The van der Waals surface area contributed by atoms with Crippen molar-refractivity contribution in [1.82, 2.24) is 15.5 Å². The van der Waals surface area contributed by atoms with E-state index >= 15 is 0 Å². The lowest BCUT2D eigenvalue weighted by molar-refractivity contribution is -0.0525. The summed E-state index contributed by atoms with van der Waals surface area (Å²) in [6, 6.07) is 0. The topological polar surface area (TPSA) is 125 Å². The van der Waals surface area contributed by atoms with Crippen molar-refractivity contribution in [3.05, 3.63) is 11.5 Å². The van der Waals surface area contributed by atoms with E-state index < -0.39 is 6.72 Å². The minimum absolute atomic E-state index is 0.0883. The summed E-state index contributed by atoms with van der Waals surface area (Å²) in [5, 5.41) is 6.37. The summed E-state index contributed by atoms with van der Waals surface area (Å²) in [6.07, 6.45) is 1.26. The SMILES string of the molecule is NC1=NCNC2=C1NCN2[C@H]1CC[C@@H](COP(O)(O)=S)O1. The molecule has 3 rings (SSSR count). The number of rotatable bonds is 4. The molecule has 3 heterocycles. The molecule has 3 aliphatic heterocycles. The maximum absolute atomic E-state index is 9.08. The third-order valence-corrected chi connectivity index (χ3v) is 4.37. The van der Waals surface area contributed by atoms with Crippen LogP contribution in [0.15, 0.2) is 16.5 Å². The molecule has 0 unspecified atom stereocenters. The van der Waals surface area contributed by atoms with Crippen LogP contribution in [0.25, 0.3) is 0 Å². The summed E-state index contributed by atoms with van der Waals surface area (Å²) in [7, 11) is 0. The summed E-state index contributed by atoms with van der Waals surface area (Å²) < 4.78 is 10.7. The zero-order valence-electron chi connectivity index (χ0n) is 11.2. The van der Waals surface area contributed by atoms with E-state index in [2.05, 4.69) is 27.4 Å². The van der Waals surface area contributed by atoms with Crippen LogP contribution in [0.3, 0.4) is 0 Å². The highest BCUT2D eigenvalue weighted by atomic mass is 32.5. The normalized spacial score (nSPS) is 29.0. The summed E-state index contributed by atoms with van der Waals surface area (Å²) in [4.78, 5) is 24.3. The van der Waals surface area contributed by atoms with Gasteiger partial charge in [0.05, 0.1) is 19.4 Å². The number of nitrogens with zero attached hydrogens (tertiary/aromatic N) is 2. The fraction of sp³-hybridized carbons (Fsp3) is 0.700. The van der Waals surface area contributed by atoms with E-state index in [1.54, 1.807) is 0 Å². The van der Waals surface area contributed by atoms with Crippen LogP contribution < -0.4 is 16.4 Å². The van der Waals surface area contributed by atoms with Crippen LogP contribution >= 0.6 is 6.72 Å². The van der Waals surface area contributed by atoms with Crippen LogP contribution in [-0.4, -0.2) is 52.8 Å². The third-order valence-electron chi connectivity index (χ3n) is 3.56. The monoisotopic (exact) mass is 335 g/mol. The van der Waals surface area contributed by atoms with Crippen LogP contribution in [0.1, 0.15) is 12.8 Å². The summed E-state index contributed by atoms with van der Waals surface area (Å²) in [5.41, 5.74) is 6.64. The highest BCUT2D eigenvalue weighted by Crippen LogP contribution is 2.38. The first-order chi connectivity index (χ1) is 9.94. The van der Waals surface area contributed by atoms with Crippen LogP contribution in [0.4, 0.5) is 0 Å². The molecule has 0 aromatic rings. The number of hydrogen-bond acceptors (Lipinski definition) is 8. The first-order valence-corrected chi connectivity index (χ1v) is 9.21. The number of aliphatic imine (C=N–C) groups is 1. The molecule has 0 radical (unpaired) electrons. The van der Waals surface area contributed by atoms with Gasteiger partial charge in [0.2, 0.25) is 0 Å². The van der Waals surface area contributed by atoms with Crippen LogP contribution in [0, 0.1) is 0 Å². The second-order valence-corrected chi connectivity index (χ2v) is 7.65. The Balaban J connectivity index is 1.60. The van der Waals surface area contributed by atoms with Crippen LogP contribution in [0.2, 0.25) is 0 Å². The van der Waals surface area contributed by atoms with E-state index in [4.69, 9.17) is 24.8 Å². The molecule has 0 aromatic heterocycles. The van der Waals surface area contributed by atoms with Crippen molar-refractivity contribution in [2.24, 2.45) is 10.7 Å². The van der Waals surface area contributed by atoms with Crippen molar-refractivity contribution >= 4 is 24.4 Å². The van der Waals surface area contributed by atoms with Gasteiger partial charge < -0.3 is 40.3 Å². The second kappa shape index (κ2) is 5.71. The lowest BCUT2D eigenvalue weighted by Crippen LogP contribution is -2.40. The molecule has 6 N–H and O–H groups in total. The molecule has 0 amide bonds. The first-order valence-electron chi connectivity index (χ1n) is 6.58. The molecule has 0 saturated carbocycles. The highest BCUT2D eigenvalue weighted by molar-refractivity contribution is 8.06. The number of amidine groups is 1. The van der Waals surface area contributed by atoms with Gasteiger partial charge in [0.15, 0.2) is 0 Å². The van der Waals surface area contributed by atoms with Gasteiger partial charge in [-0.05, 0) is 24.6 Å². The number of nitrogens with two attached hydrogens (primary N) is 1. The molecule has 3 aliphatic rings. The molecule has 21 heavy (non-hydrogen) atoms. The molecule has 0 bridgehead atoms. The van der Waals surface area contributed by atoms with E-state index in [1.165, 1.54) is 0 Å². The van der Waals surface area contributed by atoms with Crippen molar-refractivity contribution in [3.8, 4) is 0 Å². The molecular formula is C10H18N5O4PS. The average molecular weight is 335 g/mol. The Morgan fingerprint density at radius 3 is 3.05 bits per heavy atom. The van der Waals surface area contributed by atoms with Crippen molar-refractivity contribution in [3.63, 3.8) is 0 Å². The standard InChI is InChI=1S/C10H18N5O4PS/c11-9-8-10(13-4-12-9)15(5-14-8)7-2-1-6(19-7)3-18-20(16,17)21/h6-7,13-14H,1-5H2,(H2,11,12)(H2,16,17,21)/t6-,7+/m0/s1. The fourth-order valence-electron chi connectivity index (χ4n) is 2.62. The summed E-state index contributed by atoms with van der Waals surface area (Å²) in [5.74, 6) is 1.38. The lowest BCUT2D eigenvalue weighted by Gasteiger charge is -2.29. The molecule has 118 valence electrons. The van der Waals surface area contributed by atoms with Gasteiger partial charge in [0.1, 0.15) is 30.3 Å². The van der Waals surface area contributed by atoms with E-state index in [9.17, 15) is 0 Å². The van der Waals surface area contributed by atoms with Crippen molar-refractivity contribution < 1.29 is 19.0 Å². The Hall–Kier alpha value is -0.900. The average Bonchev–Trinajstić information content (AvgIpc) is 3.02. The third kappa shape index (κ3) is 3.31. The van der Waals surface area contributed by atoms with Gasteiger partial charge in [-0.2, -0.15) is 0 Å². The Bertz CT molecular complexity index is 536. The maximum Gasteiger partial charge on any atom is 0.321 e. The Labute approximate surface area is 127 Å². The number of hydrogen-bond donors (Lipinski definition) is 5. The molecule has 0 spiro atoms. The Morgan fingerprint density at radius 2 is 2.29 bits per heavy atom. The summed E-state index contributed by atoms with van der Waals surface area (Å²) in [6.45, 7) is -2.50. The number of nitrogens with one attached hydrogen (secondary N) is 2. The summed E-state index contributed by atoms with van der Waals surface area (Å²) >= 11 is 4.42. The zero-order valence-corrected chi connectivity index (χ0v) is 12.9. The van der Waals surface area contributed by atoms with Crippen LogP contribution in [0.5, 0.6) is 0 Å². The van der Waals surface area contributed by atoms with Gasteiger partial charge in [-0.15, -0.1) is 0 Å². The largest absolute Gasteiger partial charge is 0.382 e. The van der Waals surface area contributed by atoms with E-state index in [0.717, 1.165) is 24.4 Å². The van der Waals surface area contributed by atoms with E-state index in [0.29, 0.717) is 19.2 Å². The van der Waals surface area contributed by atoms with E-state index in [1.807, 2.05) is 4.90 Å². The van der Waals surface area contributed by atoms with Gasteiger partial charge >= 0.3 is 6.72 Å². The van der Waals surface area contributed by atoms with Gasteiger partial charge in [-0.1, -0.05) is 0 Å². The number of ether oxygens (including phenoxy) is 1. The maximum atomic E-state index is 9.08. The van der Waals surface area contributed by atoms with Crippen molar-refractivity contribution in [2.75, 3.05) is 19.9 Å². The Morgan fingerprint density at radius 1 is 1.48 bits per heavy atom. The zero-order chi connectivity index (χ0) is 15.0. The van der Waals surface area contributed by atoms with Gasteiger partial charge in [0, 0.05) is 0 Å². The molecule has 1 saturated heterocycles. The van der Waals surface area contributed by atoms with Gasteiger partial charge in [-0.25, -0.2) is 4.99 Å². The lowest BCUT2D eigenvalue weighted by atomic mass is 10.2. The van der Waals surface area contributed by atoms with Crippen molar-refractivity contribution in [1.29, 1.82) is 0 Å². The minimum Gasteiger partial charge on any atom is -0.382 e. The molecule has 11 heteroatoms.